The lowest BCUT2D eigenvalue weighted by Crippen LogP contribution is -2.26. The Bertz CT molecular complexity index is 1170. The van der Waals surface area contributed by atoms with E-state index in [-0.39, 0.29) is 28.7 Å². The van der Waals surface area contributed by atoms with E-state index in [9.17, 15) is 9.18 Å². The van der Waals surface area contributed by atoms with Gasteiger partial charge in [-0.25, -0.2) is 14.4 Å². The predicted molar refractivity (Wildman–Crippen MR) is 120 cm³/mol. The number of nitrogens with zero attached hydrogens (tertiary/aromatic N) is 2. The summed E-state index contributed by atoms with van der Waals surface area (Å²) in [7, 11) is 0. The molecule has 0 spiro atoms. The molecule has 1 aromatic heterocycles. The van der Waals surface area contributed by atoms with Crippen molar-refractivity contribution in [3.05, 3.63) is 99.0 Å². The highest BCUT2D eigenvalue weighted by Gasteiger charge is 2.39. The Morgan fingerprint density at radius 1 is 1.13 bits per heavy atom. The first-order valence-corrected chi connectivity index (χ1v) is 10.8. The van der Waals surface area contributed by atoms with Crippen molar-refractivity contribution < 1.29 is 9.18 Å². The van der Waals surface area contributed by atoms with E-state index >= 15 is 0 Å². The molecule has 2 N–H and O–H groups in total. The number of hydrogen-bond acceptors (Lipinski definition) is 5. The Morgan fingerprint density at radius 3 is 2.53 bits per heavy atom. The fraction of sp³-hybridized carbons (Fsp3) is 0.136. The van der Waals surface area contributed by atoms with Gasteiger partial charge in [-0.2, -0.15) is 0 Å². The summed E-state index contributed by atoms with van der Waals surface area (Å²) >= 11 is 13.4. The van der Waals surface area contributed by atoms with E-state index in [2.05, 4.69) is 9.98 Å². The molecule has 0 amide bonds. The van der Waals surface area contributed by atoms with Gasteiger partial charge >= 0.3 is 0 Å². The number of carbonyl (C=O) groups is 1. The van der Waals surface area contributed by atoms with Crippen molar-refractivity contribution in [3.8, 4) is 0 Å². The molecule has 8 heteroatoms. The van der Waals surface area contributed by atoms with Crippen LogP contribution in [-0.2, 0) is 12.0 Å². The normalized spacial score (nSPS) is 18.3. The number of ketones is 1. The molecule has 2 aromatic carbocycles. The molecule has 1 aliphatic heterocycles. The minimum atomic E-state index is -0.813. The SMILES string of the molecule is NC1=NC(c2cccc(F)c2)(c2cccc(CC(=O)c3ncc(Cl)cc3Cl)c2)CS1. The maximum absolute atomic E-state index is 13.9. The molecule has 1 aliphatic rings. The van der Waals surface area contributed by atoms with Gasteiger partial charge < -0.3 is 5.73 Å². The third-order valence-electron chi connectivity index (χ3n) is 4.87. The number of carbonyl (C=O) groups excluding carboxylic acids is 1. The molecular weight excluding hydrogens is 444 g/mol. The number of pyridine rings is 1. The summed E-state index contributed by atoms with van der Waals surface area (Å²) in [6.45, 7) is 0. The first kappa shape index (κ1) is 20.8. The second-order valence-electron chi connectivity index (χ2n) is 6.89. The van der Waals surface area contributed by atoms with Crippen LogP contribution in [0.3, 0.4) is 0 Å². The van der Waals surface area contributed by atoms with Gasteiger partial charge in [0.15, 0.2) is 11.0 Å². The topological polar surface area (TPSA) is 68.3 Å². The van der Waals surface area contributed by atoms with Gasteiger partial charge in [-0.3, -0.25) is 4.79 Å². The number of aromatic nitrogens is 1. The lowest BCUT2D eigenvalue weighted by Gasteiger charge is -2.27. The fourth-order valence-electron chi connectivity index (χ4n) is 3.47. The average Bonchev–Trinajstić information content (AvgIpc) is 3.11. The molecule has 0 saturated carbocycles. The van der Waals surface area contributed by atoms with E-state index in [4.69, 9.17) is 28.9 Å². The van der Waals surface area contributed by atoms with Crippen LogP contribution in [0.25, 0.3) is 0 Å². The van der Waals surface area contributed by atoms with Crippen LogP contribution in [0.2, 0.25) is 10.0 Å². The van der Waals surface area contributed by atoms with Crippen molar-refractivity contribution in [1.29, 1.82) is 0 Å². The van der Waals surface area contributed by atoms with Crippen LogP contribution < -0.4 is 5.73 Å². The van der Waals surface area contributed by atoms with Gasteiger partial charge in [0.05, 0.1) is 10.0 Å². The van der Waals surface area contributed by atoms with E-state index in [1.165, 1.54) is 36.2 Å². The van der Waals surface area contributed by atoms with Crippen LogP contribution in [0.1, 0.15) is 27.2 Å². The van der Waals surface area contributed by atoms with Gasteiger partial charge in [0.25, 0.3) is 0 Å². The first-order valence-electron chi connectivity index (χ1n) is 9.05. The highest BCUT2D eigenvalue weighted by molar-refractivity contribution is 8.14. The van der Waals surface area contributed by atoms with E-state index in [1.54, 1.807) is 6.07 Å². The summed E-state index contributed by atoms with van der Waals surface area (Å²) in [5, 5.41) is 1.02. The third kappa shape index (κ3) is 4.08. The molecule has 152 valence electrons. The minimum Gasteiger partial charge on any atom is -0.379 e. The van der Waals surface area contributed by atoms with Gasteiger partial charge in [-0.15, -0.1) is 0 Å². The average molecular weight is 460 g/mol. The number of rotatable bonds is 5. The van der Waals surface area contributed by atoms with Crippen LogP contribution in [-0.4, -0.2) is 21.7 Å². The fourth-order valence-corrected chi connectivity index (χ4v) is 4.93. The zero-order valence-corrected chi connectivity index (χ0v) is 17.9. The summed E-state index contributed by atoms with van der Waals surface area (Å²) < 4.78 is 13.9. The van der Waals surface area contributed by atoms with E-state index < -0.39 is 5.54 Å². The molecule has 4 nitrogen and oxygen atoms in total. The van der Waals surface area contributed by atoms with Crippen molar-refractivity contribution in [2.75, 3.05) is 5.75 Å². The van der Waals surface area contributed by atoms with Crippen LogP contribution in [0.15, 0.2) is 65.8 Å². The molecule has 0 aliphatic carbocycles. The number of hydrogen-bond donors (Lipinski definition) is 1. The van der Waals surface area contributed by atoms with Gasteiger partial charge in [-0.05, 0) is 34.9 Å². The first-order chi connectivity index (χ1) is 14.4. The monoisotopic (exact) mass is 459 g/mol. The van der Waals surface area contributed by atoms with Gasteiger partial charge in [0.1, 0.15) is 17.1 Å². The molecule has 1 atom stereocenters. The van der Waals surface area contributed by atoms with Crippen molar-refractivity contribution >= 4 is 45.9 Å². The minimum absolute atomic E-state index is 0.105. The number of halogens is 3. The van der Waals surface area contributed by atoms with E-state index in [0.29, 0.717) is 21.5 Å². The lowest BCUT2D eigenvalue weighted by atomic mass is 9.84. The number of Topliss-reactive ketones (excluding diaryl/α,β-unsaturated/α-hetero) is 1. The maximum atomic E-state index is 13.9. The van der Waals surface area contributed by atoms with Crippen molar-refractivity contribution in [1.82, 2.24) is 4.98 Å². The molecule has 3 aromatic rings. The zero-order valence-electron chi connectivity index (χ0n) is 15.6. The highest BCUT2D eigenvalue weighted by Crippen LogP contribution is 2.42. The second-order valence-corrected chi connectivity index (χ2v) is 8.73. The summed E-state index contributed by atoms with van der Waals surface area (Å²) in [6, 6.07) is 15.4. The van der Waals surface area contributed by atoms with Gasteiger partial charge in [0, 0.05) is 18.4 Å². The number of nitrogens with two attached hydrogens (primary N) is 1. The summed E-state index contributed by atoms with van der Waals surface area (Å²) in [6.07, 6.45) is 1.50. The quantitative estimate of drug-likeness (QED) is 0.528. The van der Waals surface area contributed by atoms with Crippen molar-refractivity contribution in [3.63, 3.8) is 0 Å². The summed E-state index contributed by atoms with van der Waals surface area (Å²) in [4.78, 5) is 21.5. The lowest BCUT2D eigenvalue weighted by molar-refractivity contribution is 0.0988. The molecule has 2 heterocycles. The largest absolute Gasteiger partial charge is 0.379 e. The standard InChI is InChI=1S/C22H16Cl2FN3OS/c23-16-10-18(24)20(27-11-16)19(29)8-13-3-1-4-14(7-13)22(12-30-21(26)28-22)15-5-2-6-17(25)9-15/h1-7,9-11H,8,12H2,(H2,26,28). The molecular formula is C22H16Cl2FN3OS. The molecule has 0 radical (unpaired) electrons. The molecule has 0 bridgehead atoms. The van der Waals surface area contributed by atoms with Gasteiger partial charge in [0.2, 0.25) is 0 Å². The Hall–Kier alpha value is -2.41. The Balaban J connectivity index is 1.70. The smallest absolute Gasteiger partial charge is 0.187 e. The van der Waals surface area contributed by atoms with Crippen molar-refractivity contribution in [2.45, 2.75) is 12.0 Å². The summed E-state index contributed by atoms with van der Waals surface area (Å²) in [5.41, 5.74) is 7.65. The van der Waals surface area contributed by atoms with Crippen LogP contribution in [0, 0.1) is 5.82 Å². The van der Waals surface area contributed by atoms with Crippen LogP contribution >= 0.6 is 35.0 Å². The Morgan fingerprint density at radius 2 is 1.87 bits per heavy atom. The Kier molecular flexibility index (Phi) is 5.82. The maximum Gasteiger partial charge on any atom is 0.187 e. The van der Waals surface area contributed by atoms with Crippen LogP contribution in [0.4, 0.5) is 4.39 Å². The second kappa shape index (κ2) is 8.38. The zero-order chi connectivity index (χ0) is 21.3. The van der Waals surface area contributed by atoms with Gasteiger partial charge in [-0.1, -0.05) is 71.4 Å². The molecule has 30 heavy (non-hydrogen) atoms. The van der Waals surface area contributed by atoms with Crippen LogP contribution in [0.5, 0.6) is 0 Å². The third-order valence-corrected chi connectivity index (χ3v) is 6.32. The number of benzene rings is 2. The molecule has 0 fully saturated rings. The number of amidine groups is 1. The molecule has 4 rings (SSSR count). The summed E-state index contributed by atoms with van der Waals surface area (Å²) in [5.74, 6) is -0.0191. The molecule has 0 saturated heterocycles. The van der Waals surface area contributed by atoms with E-state index in [1.807, 2.05) is 30.3 Å². The predicted octanol–water partition coefficient (Wildman–Crippen LogP) is 5.26. The number of aliphatic imine (C=N–C) groups is 1. The Labute approximate surface area is 187 Å². The molecule has 1 unspecified atom stereocenters. The highest BCUT2D eigenvalue weighted by atomic mass is 35.5. The van der Waals surface area contributed by atoms with E-state index in [0.717, 1.165) is 11.1 Å². The van der Waals surface area contributed by atoms with Crippen molar-refractivity contribution in [2.24, 2.45) is 10.7 Å². The number of thioether (sulfide) groups is 1.